The van der Waals surface area contributed by atoms with E-state index in [-0.39, 0.29) is 12.5 Å². The highest BCUT2D eigenvalue weighted by atomic mass is 32.2. The van der Waals surface area contributed by atoms with Crippen LogP contribution in [0.2, 0.25) is 0 Å². The molecule has 1 amide bonds. The van der Waals surface area contributed by atoms with Crippen LogP contribution in [0.5, 0.6) is 11.5 Å². The lowest BCUT2D eigenvalue weighted by Gasteiger charge is -2.15. The molecule has 25 heavy (non-hydrogen) atoms. The van der Waals surface area contributed by atoms with E-state index in [1.54, 1.807) is 44.2 Å². The number of aliphatic hydroxyl groups excluding tert-OH is 1. The van der Waals surface area contributed by atoms with Gasteiger partial charge in [-0.3, -0.25) is 4.79 Å². The molecular weight excluding hydrogens is 338 g/mol. The molecular formula is C19H23NO4S. The molecule has 0 saturated heterocycles. The van der Waals surface area contributed by atoms with Gasteiger partial charge in [0.2, 0.25) is 5.91 Å². The molecule has 2 rings (SSSR count). The predicted octanol–water partition coefficient (Wildman–Crippen LogP) is 2.79. The van der Waals surface area contributed by atoms with Crippen LogP contribution in [0.15, 0.2) is 48.5 Å². The third-order valence-corrected chi connectivity index (χ3v) is 4.63. The molecule has 2 aromatic carbocycles. The Morgan fingerprint density at radius 2 is 1.84 bits per heavy atom. The number of methoxy groups -OCH3 is 2. The molecule has 0 spiro atoms. The lowest BCUT2D eigenvalue weighted by Crippen LogP contribution is -2.29. The fourth-order valence-corrected chi connectivity index (χ4v) is 3.09. The number of rotatable bonds is 9. The molecule has 6 heteroatoms. The Labute approximate surface area is 152 Å². The Balaban J connectivity index is 1.77. The highest BCUT2D eigenvalue weighted by Crippen LogP contribution is 2.29. The van der Waals surface area contributed by atoms with Crippen molar-refractivity contribution in [3.05, 3.63) is 59.7 Å². The third kappa shape index (κ3) is 5.99. The summed E-state index contributed by atoms with van der Waals surface area (Å²) >= 11 is 1.54. The van der Waals surface area contributed by atoms with E-state index >= 15 is 0 Å². The number of hydrogen-bond donors (Lipinski definition) is 2. The number of carbonyl (C=O) groups is 1. The summed E-state index contributed by atoms with van der Waals surface area (Å²) in [6, 6.07) is 15.2. The summed E-state index contributed by atoms with van der Waals surface area (Å²) in [7, 11) is 3.10. The first-order valence-electron chi connectivity index (χ1n) is 7.92. The summed E-state index contributed by atoms with van der Waals surface area (Å²) in [5.74, 6) is 2.18. The minimum absolute atomic E-state index is 0.0968. The van der Waals surface area contributed by atoms with Gasteiger partial charge in [-0.25, -0.2) is 0 Å². The van der Waals surface area contributed by atoms with Crippen LogP contribution >= 0.6 is 11.8 Å². The first kappa shape index (κ1) is 19.1. The van der Waals surface area contributed by atoms with Gasteiger partial charge in [-0.15, -0.1) is 11.8 Å². The summed E-state index contributed by atoms with van der Waals surface area (Å²) in [5, 5.41) is 13.0. The van der Waals surface area contributed by atoms with Crippen molar-refractivity contribution in [3.63, 3.8) is 0 Å². The van der Waals surface area contributed by atoms with E-state index in [0.717, 1.165) is 5.75 Å². The van der Waals surface area contributed by atoms with E-state index < -0.39 is 6.10 Å². The molecule has 1 atom stereocenters. The molecule has 2 N–H and O–H groups in total. The van der Waals surface area contributed by atoms with Crippen molar-refractivity contribution in [3.8, 4) is 11.5 Å². The molecule has 5 nitrogen and oxygen atoms in total. The van der Waals surface area contributed by atoms with Crippen LogP contribution in [-0.2, 0) is 10.5 Å². The number of aliphatic hydroxyl groups is 1. The molecule has 134 valence electrons. The zero-order valence-electron chi connectivity index (χ0n) is 14.4. The van der Waals surface area contributed by atoms with Gasteiger partial charge in [0, 0.05) is 12.3 Å². The van der Waals surface area contributed by atoms with Gasteiger partial charge in [0.25, 0.3) is 0 Å². The first-order chi connectivity index (χ1) is 12.1. The van der Waals surface area contributed by atoms with Crippen LogP contribution in [0.1, 0.15) is 17.2 Å². The molecule has 0 fully saturated rings. The first-order valence-corrected chi connectivity index (χ1v) is 9.08. The Kier molecular flexibility index (Phi) is 7.63. The Hall–Kier alpha value is -2.18. The maximum atomic E-state index is 11.9. The number of hydrogen-bond acceptors (Lipinski definition) is 5. The Morgan fingerprint density at radius 3 is 2.52 bits per heavy atom. The van der Waals surface area contributed by atoms with Crippen LogP contribution in [0.25, 0.3) is 0 Å². The number of amides is 1. The molecule has 0 saturated carbocycles. The summed E-state index contributed by atoms with van der Waals surface area (Å²) < 4.78 is 10.4. The average molecular weight is 361 g/mol. The highest BCUT2D eigenvalue weighted by molar-refractivity contribution is 7.99. The van der Waals surface area contributed by atoms with Gasteiger partial charge in [-0.05, 0) is 23.3 Å². The van der Waals surface area contributed by atoms with Gasteiger partial charge in [0.1, 0.15) is 0 Å². The maximum Gasteiger partial charge on any atom is 0.230 e. The molecule has 0 aliphatic heterocycles. The molecule has 0 bridgehead atoms. The minimum Gasteiger partial charge on any atom is -0.493 e. The number of ether oxygens (including phenoxy) is 2. The molecule has 0 heterocycles. The second-order valence-corrected chi connectivity index (χ2v) is 6.40. The summed E-state index contributed by atoms with van der Waals surface area (Å²) in [4.78, 5) is 11.9. The van der Waals surface area contributed by atoms with E-state index in [4.69, 9.17) is 9.47 Å². The van der Waals surface area contributed by atoms with Crippen molar-refractivity contribution in [2.45, 2.75) is 11.9 Å². The normalized spacial score (nSPS) is 11.6. The number of benzene rings is 2. The second kappa shape index (κ2) is 9.96. The molecule has 0 radical (unpaired) electrons. The van der Waals surface area contributed by atoms with Crippen molar-refractivity contribution in [2.24, 2.45) is 0 Å². The zero-order valence-corrected chi connectivity index (χ0v) is 15.2. The second-order valence-electron chi connectivity index (χ2n) is 5.41. The highest BCUT2D eigenvalue weighted by Gasteiger charge is 2.13. The van der Waals surface area contributed by atoms with E-state index in [9.17, 15) is 9.90 Å². The lowest BCUT2D eigenvalue weighted by atomic mass is 10.1. The van der Waals surface area contributed by atoms with E-state index in [2.05, 4.69) is 5.32 Å². The largest absolute Gasteiger partial charge is 0.493 e. The summed E-state index contributed by atoms with van der Waals surface area (Å²) in [5.41, 5.74) is 1.85. The number of thioether (sulfide) groups is 1. The quantitative estimate of drug-likeness (QED) is 0.719. The van der Waals surface area contributed by atoms with Gasteiger partial charge in [0.15, 0.2) is 11.5 Å². The van der Waals surface area contributed by atoms with Crippen LogP contribution in [0.3, 0.4) is 0 Å². The fourth-order valence-electron chi connectivity index (χ4n) is 2.28. The number of nitrogens with one attached hydrogen (secondary N) is 1. The number of carbonyl (C=O) groups excluding carboxylic acids is 1. The third-order valence-electron chi connectivity index (χ3n) is 3.63. The zero-order chi connectivity index (χ0) is 18.1. The monoisotopic (exact) mass is 361 g/mol. The SMILES string of the molecule is COc1ccc(C(O)CNC(=O)CSCc2ccccc2)cc1OC. The van der Waals surface area contributed by atoms with E-state index in [1.807, 2.05) is 30.3 Å². The maximum absolute atomic E-state index is 11.9. The minimum atomic E-state index is -0.803. The van der Waals surface area contributed by atoms with Gasteiger partial charge in [-0.1, -0.05) is 36.4 Å². The summed E-state index contributed by atoms with van der Waals surface area (Å²) in [6.07, 6.45) is -0.803. The lowest BCUT2D eigenvalue weighted by molar-refractivity contribution is -0.119. The molecule has 2 aromatic rings. The molecule has 1 unspecified atom stereocenters. The van der Waals surface area contributed by atoms with Gasteiger partial charge < -0.3 is 19.9 Å². The van der Waals surface area contributed by atoms with Gasteiger partial charge in [-0.2, -0.15) is 0 Å². The van der Waals surface area contributed by atoms with Crippen molar-refractivity contribution in [1.29, 1.82) is 0 Å². The smallest absolute Gasteiger partial charge is 0.230 e. The van der Waals surface area contributed by atoms with Gasteiger partial charge in [0.05, 0.1) is 26.1 Å². The molecule has 0 aliphatic carbocycles. The average Bonchev–Trinajstić information content (AvgIpc) is 2.66. The van der Waals surface area contributed by atoms with E-state index in [1.165, 1.54) is 5.56 Å². The standard InChI is InChI=1S/C19H23NO4S/c1-23-17-9-8-15(10-18(17)24-2)16(21)11-20-19(22)13-25-12-14-6-4-3-5-7-14/h3-10,16,21H,11-13H2,1-2H3,(H,20,22). The molecule has 0 aromatic heterocycles. The van der Waals surface area contributed by atoms with Crippen molar-refractivity contribution >= 4 is 17.7 Å². The fraction of sp³-hybridized carbons (Fsp3) is 0.316. The Bertz CT molecular complexity index is 678. The topological polar surface area (TPSA) is 67.8 Å². The van der Waals surface area contributed by atoms with E-state index in [0.29, 0.717) is 22.8 Å². The summed E-state index contributed by atoms with van der Waals surface area (Å²) in [6.45, 7) is 0.153. The van der Waals surface area contributed by atoms with Crippen molar-refractivity contribution in [2.75, 3.05) is 26.5 Å². The van der Waals surface area contributed by atoms with Crippen LogP contribution < -0.4 is 14.8 Å². The van der Waals surface area contributed by atoms with Gasteiger partial charge >= 0.3 is 0 Å². The molecule has 0 aliphatic rings. The van der Waals surface area contributed by atoms with Crippen molar-refractivity contribution < 1.29 is 19.4 Å². The Morgan fingerprint density at radius 1 is 1.12 bits per heavy atom. The van der Waals surface area contributed by atoms with Crippen LogP contribution in [0.4, 0.5) is 0 Å². The van der Waals surface area contributed by atoms with Crippen LogP contribution in [0, 0.1) is 0 Å². The van der Waals surface area contributed by atoms with Crippen LogP contribution in [-0.4, -0.2) is 37.5 Å². The van der Waals surface area contributed by atoms with Crippen molar-refractivity contribution in [1.82, 2.24) is 5.32 Å². The predicted molar refractivity (Wildman–Crippen MR) is 100 cm³/mol.